The van der Waals surface area contributed by atoms with Gasteiger partial charge in [0.1, 0.15) is 12.1 Å². The van der Waals surface area contributed by atoms with E-state index in [-0.39, 0.29) is 17.7 Å². The largest absolute Gasteiger partial charge is 0.342 e. The molecule has 1 aliphatic rings. The number of benzene rings is 1. The van der Waals surface area contributed by atoms with Crippen molar-refractivity contribution < 1.29 is 9.59 Å². The summed E-state index contributed by atoms with van der Waals surface area (Å²) < 4.78 is 0. The van der Waals surface area contributed by atoms with E-state index in [1.54, 1.807) is 6.92 Å². The van der Waals surface area contributed by atoms with E-state index < -0.39 is 18.1 Å². The van der Waals surface area contributed by atoms with Crippen molar-refractivity contribution in [1.29, 1.82) is 0 Å². The second kappa shape index (κ2) is 6.01. The van der Waals surface area contributed by atoms with E-state index in [4.69, 9.17) is 6.42 Å². The molecule has 0 aliphatic carbocycles. The third-order valence-electron chi connectivity index (χ3n) is 3.79. The van der Waals surface area contributed by atoms with Crippen molar-refractivity contribution in [3.8, 4) is 12.3 Å². The summed E-state index contributed by atoms with van der Waals surface area (Å²) in [6, 6.07) is 7.62. The summed E-state index contributed by atoms with van der Waals surface area (Å²) in [5, 5.41) is 2.82. The molecule has 1 aliphatic heterocycles. The van der Waals surface area contributed by atoms with Crippen molar-refractivity contribution in [1.82, 2.24) is 10.2 Å². The van der Waals surface area contributed by atoms with Gasteiger partial charge in [0.05, 0.1) is 6.04 Å². The monoisotopic (exact) mass is 284 g/mol. The van der Waals surface area contributed by atoms with Crippen LogP contribution in [0.3, 0.4) is 0 Å². The van der Waals surface area contributed by atoms with Crippen LogP contribution in [0.1, 0.15) is 32.4 Å². The Morgan fingerprint density at radius 1 is 1.19 bits per heavy atom. The maximum atomic E-state index is 12.7. The highest BCUT2D eigenvalue weighted by atomic mass is 16.2. The third-order valence-corrected chi connectivity index (χ3v) is 3.79. The van der Waals surface area contributed by atoms with Crippen molar-refractivity contribution in [2.75, 3.05) is 0 Å². The number of hydrogen-bond acceptors (Lipinski definition) is 2. The number of hydrogen-bond donors (Lipinski definition) is 1. The summed E-state index contributed by atoms with van der Waals surface area (Å²) in [7, 11) is 0. The number of carbonyl (C=O) groups excluding carboxylic acids is 2. The first-order valence-corrected chi connectivity index (χ1v) is 7.11. The molecule has 1 N–H and O–H groups in total. The van der Waals surface area contributed by atoms with Crippen molar-refractivity contribution in [3.05, 3.63) is 35.9 Å². The van der Waals surface area contributed by atoms with Crippen molar-refractivity contribution in [3.63, 3.8) is 0 Å². The minimum absolute atomic E-state index is 0.0191. The predicted octanol–water partition coefficient (Wildman–Crippen LogP) is 1.73. The van der Waals surface area contributed by atoms with Gasteiger partial charge in [-0.05, 0) is 18.4 Å². The van der Waals surface area contributed by atoms with Gasteiger partial charge in [-0.2, -0.15) is 0 Å². The van der Waals surface area contributed by atoms with Crippen LogP contribution in [0, 0.1) is 18.3 Å². The van der Waals surface area contributed by atoms with Crippen LogP contribution in [0.15, 0.2) is 30.3 Å². The van der Waals surface area contributed by atoms with Crippen molar-refractivity contribution >= 4 is 11.8 Å². The molecule has 1 fully saturated rings. The quantitative estimate of drug-likeness (QED) is 0.859. The first kappa shape index (κ1) is 15.1. The lowest BCUT2D eigenvalue weighted by atomic mass is 9.93. The highest BCUT2D eigenvalue weighted by molar-refractivity contribution is 5.98. The number of carbonyl (C=O) groups is 2. The Kier molecular flexibility index (Phi) is 4.32. The summed E-state index contributed by atoms with van der Waals surface area (Å²) in [5.74, 6) is 2.29. The summed E-state index contributed by atoms with van der Waals surface area (Å²) in [6.07, 6.45) is 5.50. The molecular formula is C17H20N2O2. The van der Waals surface area contributed by atoms with Crippen molar-refractivity contribution in [2.45, 2.75) is 38.9 Å². The van der Waals surface area contributed by atoms with Crippen LogP contribution in [0.2, 0.25) is 0 Å². The molecule has 0 aromatic heterocycles. The lowest BCUT2D eigenvalue weighted by Gasteiger charge is -2.42. The summed E-state index contributed by atoms with van der Waals surface area (Å²) in [4.78, 5) is 26.8. The summed E-state index contributed by atoms with van der Waals surface area (Å²) >= 11 is 0. The zero-order valence-corrected chi connectivity index (χ0v) is 12.5. The van der Waals surface area contributed by atoms with Crippen LogP contribution in [-0.4, -0.2) is 28.8 Å². The smallest absolute Gasteiger partial charge is 0.248 e. The Morgan fingerprint density at radius 3 is 2.33 bits per heavy atom. The highest BCUT2D eigenvalue weighted by Gasteiger charge is 2.44. The Hall–Kier alpha value is -2.28. The topological polar surface area (TPSA) is 49.4 Å². The minimum atomic E-state index is -0.667. The minimum Gasteiger partial charge on any atom is -0.342 e. The second-order valence-electron chi connectivity index (χ2n) is 5.63. The average molecular weight is 284 g/mol. The van der Waals surface area contributed by atoms with E-state index in [2.05, 4.69) is 11.2 Å². The SMILES string of the molecule is C#CC(C)N1C(=O)C(C(C)C)NC(=O)C1c1ccccc1. The summed E-state index contributed by atoms with van der Waals surface area (Å²) in [5.41, 5.74) is 0.771. The van der Waals surface area contributed by atoms with Gasteiger partial charge >= 0.3 is 0 Å². The number of amides is 2. The van der Waals surface area contributed by atoms with E-state index in [9.17, 15) is 9.59 Å². The fourth-order valence-corrected chi connectivity index (χ4v) is 2.60. The number of nitrogens with zero attached hydrogens (tertiary/aromatic N) is 1. The van der Waals surface area contributed by atoms with Crippen LogP contribution >= 0.6 is 0 Å². The Morgan fingerprint density at radius 2 is 1.81 bits per heavy atom. The molecule has 1 saturated heterocycles. The van der Waals surface area contributed by atoms with Crippen LogP contribution in [-0.2, 0) is 9.59 Å². The van der Waals surface area contributed by atoms with Gasteiger partial charge in [-0.1, -0.05) is 50.1 Å². The predicted molar refractivity (Wildman–Crippen MR) is 81.1 cm³/mol. The van der Waals surface area contributed by atoms with E-state index in [0.29, 0.717) is 0 Å². The van der Waals surface area contributed by atoms with Gasteiger partial charge < -0.3 is 10.2 Å². The molecule has 4 heteroatoms. The molecule has 3 atom stereocenters. The zero-order chi connectivity index (χ0) is 15.6. The van der Waals surface area contributed by atoms with Gasteiger partial charge in [0.25, 0.3) is 0 Å². The summed E-state index contributed by atoms with van der Waals surface area (Å²) in [6.45, 7) is 5.58. The maximum absolute atomic E-state index is 12.7. The van der Waals surface area contributed by atoms with Crippen LogP contribution in [0.5, 0.6) is 0 Å². The average Bonchev–Trinajstić information content (AvgIpc) is 2.48. The molecule has 0 saturated carbocycles. The maximum Gasteiger partial charge on any atom is 0.248 e. The molecule has 0 bridgehead atoms. The first-order chi connectivity index (χ1) is 9.97. The van der Waals surface area contributed by atoms with Gasteiger partial charge in [-0.15, -0.1) is 6.42 Å². The fourth-order valence-electron chi connectivity index (χ4n) is 2.60. The van der Waals surface area contributed by atoms with Gasteiger partial charge in [-0.25, -0.2) is 0 Å². The van der Waals surface area contributed by atoms with Crippen LogP contribution < -0.4 is 5.32 Å². The standard InChI is InChI=1S/C17H20N2O2/c1-5-12(4)19-15(13-9-7-6-8-10-13)16(20)18-14(11(2)3)17(19)21/h1,6-12,14-15H,2-4H3,(H,18,20). The number of piperazine rings is 1. The molecule has 1 aromatic carbocycles. The molecular weight excluding hydrogens is 264 g/mol. The molecule has 2 rings (SSSR count). The molecule has 1 aromatic rings. The zero-order valence-electron chi connectivity index (χ0n) is 12.5. The molecule has 2 amide bonds. The molecule has 0 spiro atoms. The van der Waals surface area contributed by atoms with E-state index in [1.165, 1.54) is 4.90 Å². The first-order valence-electron chi connectivity index (χ1n) is 7.11. The van der Waals surface area contributed by atoms with Gasteiger partial charge in [0, 0.05) is 0 Å². The Labute approximate surface area is 125 Å². The Balaban J connectivity index is 2.46. The normalized spacial score (nSPS) is 23.7. The van der Waals surface area contributed by atoms with Crippen molar-refractivity contribution in [2.24, 2.45) is 5.92 Å². The Bertz CT molecular complexity index is 574. The number of nitrogens with one attached hydrogen (secondary N) is 1. The lowest BCUT2D eigenvalue weighted by molar-refractivity contribution is -0.152. The fraction of sp³-hybridized carbons (Fsp3) is 0.412. The number of rotatable bonds is 3. The van der Waals surface area contributed by atoms with E-state index in [1.807, 2.05) is 44.2 Å². The molecule has 21 heavy (non-hydrogen) atoms. The van der Waals surface area contributed by atoms with Gasteiger partial charge in [-0.3, -0.25) is 9.59 Å². The molecule has 110 valence electrons. The van der Waals surface area contributed by atoms with Crippen LogP contribution in [0.25, 0.3) is 0 Å². The molecule has 1 heterocycles. The second-order valence-corrected chi connectivity index (χ2v) is 5.63. The van der Waals surface area contributed by atoms with Gasteiger partial charge in [0.15, 0.2) is 0 Å². The third kappa shape index (κ3) is 2.78. The molecule has 4 nitrogen and oxygen atoms in total. The highest BCUT2D eigenvalue weighted by Crippen LogP contribution is 2.29. The van der Waals surface area contributed by atoms with E-state index in [0.717, 1.165) is 5.56 Å². The van der Waals surface area contributed by atoms with Crippen LogP contribution in [0.4, 0.5) is 0 Å². The lowest BCUT2D eigenvalue weighted by Crippen LogP contribution is -2.62. The van der Waals surface area contributed by atoms with E-state index >= 15 is 0 Å². The molecule has 3 unspecified atom stereocenters. The van der Waals surface area contributed by atoms with Gasteiger partial charge in [0.2, 0.25) is 11.8 Å². The number of terminal acetylenes is 1. The molecule has 0 radical (unpaired) electrons.